The standard InChI is InChI=1S/C14H11NS/c1-10-13(11-6-3-2-4-7-11)12-8-5-9-15-14(12)16-10/h2-9H,1H3. The van der Waals surface area contributed by atoms with Gasteiger partial charge in [0.05, 0.1) is 0 Å². The topological polar surface area (TPSA) is 12.9 Å². The minimum Gasteiger partial charge on any atom is -0.245 e. The molecule has 78 valence electrons. The molecule has 0 radical (unpaired) electrons. The van der Waals surface area contributed by atoms with Crippen LogP contribution in [0.1, 0.15) is 4.88 Å². The summed E-state index contributed by atoms with van der Waals surface area (Å²) in [5, 5.41) is 1.26. The summed E-state index contributed by atoms with van der Waals surface area (Å²) in [7, 11) is 0. The van der Waals surface area contributed by atoms with Crippen molar-refractivity contribution in [2.45, 2.75) is 6.92 Å². The normalized spacial score (nSPS) is 10.8. The lowest BCUT2D eigenvalue weighted by molar-refractivity contribution is 1.45. The van der Waals surface area contributed by atoms with Crippen LogP contribution in [0, 0.1) is 6.92 Å². The molecule has 3 rings (SSSR count). The van der Waals surface area contributed by atoms with E-state index in [0.29, 0.717) is 0 Å². The number of hydrogen-bond acceptors (Lipinski definition) is 2. The molecule has 2 heteroatoms. The molecule has 0 saturated heterocycles. The summed E-state index contributed by atoms with van der Waals surface area (Å²) in [6.07, 6.45) is 1.85. The van der Waals surface area contributed by atoms with E-state index in [4.69, 9.17) is 0 Å². The van der Waals surface area contributed by atoms with Gasteiger partial charge in [0.15, 0.2) is 0 Å². The Labute approximate surface area is 98.4 Å². The molecule has 2 aromatic heterocycles. The molecule has 0 spiro atoms. The monoisotopic (exact) mass is 225 g/mol. The summed E-state index contributed by atoms with van der Waals surface area (Å²) < 4.78 is 0. The van der Waals surface area contributed by atoms with E-state index in [0.717, 1.165) is 4.83 Å². The van der Waals surface area contributed by atoms with Crippen molar-refractivity contribution < 1.29 is 0 Å². The SMILES string of the molecule is Cc1sc2ncccc2c1-c1ccccc1. The molecule has 0 aliphatic heterocycles. The van der Waals surface area contributed by atoms with Gasteiger partial charge in [0.1, 0.15) is 4.83 Å². The average Bonchev–Trinajstić information content (AvgIpc) is 2.66. The van der Waals surface area contributed by atoms with E-state index in [-0.39, 0.29) is 0 Å². The van der Waals surface area contributed by atoms with Gasteiger partial charge >= 0.3 is 0 Å². The van der Waals surface area contributed by atoms with Crippen molar-refractivity contribution in [3.8, 4) is 11.1 Å². The van der Waals surface area contributed by atoms with Crippen LogP contribution in [0.2, 0.25) is 0 Å². The predicted molar refractivity (Wildman–Crippen MR) is 69.8 cm³/mol. The van der Waals surface area contributed by atoms with Crippen LogP contribution in [0.25, 0.3) is 21.3 Å². The van der Waals surface area contributed by atoms with E-state index in [2.05, 4.69) is 42.2 Å². The van der Waals surface area contributed by atoms with Crippen LogP contribution < -0.4 is 0 Å². The molecule has 0 fully saturated rings. The summed E-state index contributed by atoms with van der Waals surface area (Å²) in [5.41, 5.74) is 2.60. The lowest BCUT2D eigenvalue weighted by Gasteiger charge is -2.00. The van der Waals surface area contributed by atoms with Crippen molar-refractivity contribution in [3.05, 3.63) is 53.5 Å². The Hall–Kier alpha value is -1.67. The van der Waals surface area contributed by atoms with Gasteiger partial charge in [-0.25, -0.2) is 4.98 Å². The molecule has 1 aromatic carbocycles. The molecule has 0 bridgehead atoms. The Morgan fingerprint density at radius 1 is 1.00 bits per heavy atom. The molecule has 1 nitrogen and oxygen atoms in total. The first-order valence-corrected chi connectivity index (χ1v) is 6.07. The molecule has 0 aliphatic carbocycles. The summed E-state index contributed by atoms with van der Waals surface area (Å²) in [6.45, 7) is 2.16. The van der Waals surface area contributed by atoms with Gasteiger partial charge in [-0.3, -0.25) is 0 Å². The van der Waals surface area contributed by atoms with E-state index < -0.39 is 0 Å². The fourth-order valence-corrected chi connectivity index (χ4v) is 3.03. The van der Waals surface area contributed by atoms with Crippen molar-refractivity contribution in [2.75, 3.05) is 0 Å². The van der Waals surface area contributed by atoms with Gasteiger partial charge < -0.3 is 0 Å². The number of nitrogens with zero attached hydrogens (tertiary/aromatic N) is 1. The maximum atomic E-state index is 4.41. The van der Waals surface area contributed by atoms with Crippen LogP contribution in [-0.4, -0.2) is 4.98 Å². The van der Waals surface area contributed by atoms with Crippen molar-refractivity contribution in [1.29, 1.82) is 0 Å². The average molecular weight is 225 g/mol. The number of hydrogen-bond donors (Lipinski definition) is 0. The molecule has 3 aromatic rings. The smallest absolute Gasteiger partial charge is 0.124 e. The highest BCUT2D eigenvalue weighted by Gasteiger charge is 2.10. The van der Waals surface area contributed by atoms with Crippen LogP contribution >= 0.6 is 11.3 Å². The molecule has 16 heavy (non-hydrogen) atoms. The summed E-state index contributed by atoms with van der Waals surface area (Å²) >= 11 is 1.76. The Kier molecular flexibility index (Phi) is 2.22. The van der Waals surface area contributed by atoms with Crippen LogP contribution in [-0.2, 0) is 0 Å². The van der Waals surface area contributed by atoms with Crippen LogP contribution in [0.4, 0.5) is 0 Å². The summed E-state index contributed by atoms with van der Waals surface area (Å²) in [4.78, 5) is 6.86. The molecule has 0 N–H and O–H groups in total. The van der Waals surface area contributed by atoms with Crippen LogP contribution in [0.3, 0.4) is 0 Å². The zero-order valence-corrected chi connectivity index (χ0v) is 9.79. The van der Waals surface area contributed by atoms with Crippen LogP contribution in [0.5, 0.6) is 0 Å². The van der Waals surface area contributed by atoms with Crippen molar-refractivity contribution in [3.63, 3.8) is 0 Å². The van der Waals surface area contributed by atoms with Gasteiger partial charge in [0, 0.05) is 22.0 Å². The Balaban J connectivity index is 2.35. The molecule has 0 unspecified atom stereocenters. The quantitative estimate of drug-likeness (QED) is 0.602. The number of benzene rings is 1. The Morgan fingerprint density at radius 2 is 1.81 bits per heavy atom. The zero-order chi connectivity index (χ0) is 11.0. The fraction of sp³-hybridized carbons (Fsp3) is 0.0714. The zero-order valence-electron chi connectivity index (χ0n) is 8.97. The third kappa shape index (κ3) is 1.42. The number of thiophene rings is 1. The van der Waals surface area contributed by atoms with E-state index in [1.807, 2.05) is 18.3 Å². The lowest BCUT2D eigenvalue weighted by atomic mass is 10.0. The van der Waals surface area contributed by atoms with E-state index in [9.17, 15) is 0 Å². The van der Waals surface area contributed by atoms with Gasteiger partial charge in [-0.05, 0) is 24.6 Å². The van der Waals surface area contributed by atoms with Gasteiger partial charge in [-0.15, -0.1) is 11.3 Å². The van der Waals surface area contributed by atoms with Gasteiger partial charge in [-0.1, -0.05) is 30.3 Å². The third-order valence-electron chi connectivity index (χ3n) is 2.70. The van der Waals surface area contributed by atoms with E-state index in [1.165, 1.54) is 21.4 Å². The second-order valence-electron chi connectivity index (χ2n) is 3.76. The third-order valence-corrected chi connectivity index (χ3v) is 3.73. The maximum absolute atomic E-state index is 4.41. The molecular weight excluding hydrogens is 214 g/mol. The molecule has 0 saturated carbocycles. The minimum absolute atomic E-state index is 1.12. The fourth-order valence-electron chi connectivity index (χ4n) is 2.01. The van der Waals surface area contributed by atoms with Crippen molar-refractivity contribution in [2.24, 2.45) is 0 Å². The first-order valence-electron chi connectivity index (χ1n) is 5.26. The number of aryl methyl sites for hydroxylation is 1. The second-order valence-corrected chi connectivity index (χ2v) is 4.96. The predicted octanol–water partition coefficient (Wildman–Crippen LogP) is 4.27. The number of rotatable bonds is 1. The van der Waals surface area contributed by atoms with Gasteiger partial charge in [0.2, 0.25) is 0 Å². The van der Waals surface area contributed by atoms with Crippen molar-refractivity contribution >= 4 is 21.6 Å². The number of pyridine rings is 1. The first-order chi connectivity index (χ1) is 7.86. The van der Waals surface area contributed by atoms with E-state index >= 15 is 0 Å². The second kappa shape index (κ2) is 3.72. The lowest BCUT2D eigenvalue weighted by Crippen LogP contribution is -1.77. The molecule has 0 amide bonds. The highest BCUT2D eigenvalue weighted by atomic mass is 32.1. The van der Waals surface area contributed by atoms with Gasteiger partial charge in [-0.2, -0.15) is 0 Å². The van der Waals surface area contributed by atoms with Crippen molar-refractivity contribution in [1.82, 2.24) is 4.98 Å². The molecule has 0 atom stereocenters. The van der Waals surface area contributed by atoms with Crippen LogP contribution in [0.15, 0.2) is 48.7 Å². The molecular formula is C14H11NS. The Bertz CT molecular complexity index is 626. The highest BCUT2D eigenvalue weighted by molar-refractivity contribution is 7.19. The van der Waals surface area contributed by atoms with Gasteiger partial charge in [0.25, 0.3) is 0 Å². The number of aromatic nitrogens is 1. The Morgan fingerprint density at radius 3 is 2.62 bits per heavy atom. The van der Waals surface area contributed by atoms with E-state index in [1.54, 1.807) is 11.3 Å². The molecule has 0 aliphatic rings. The molecule has 2 heterocycles. The largest absolute Gasteiger partial charge is 0.245 e. The summed E-state index contributed by atoms with van der Waals surface area (Å²) in [6, 6.07) is 14.7. The first kappa shape index (κ1) is 9.55. The highest BCUT2D eigenvalue weighted by Crippen LogP contribution is 2.36. The number of fused-ring (bicyclic) bond motifs is 1. The summed E-state index contributed by atoms with van der Waals surface area (Å²) in [5.74, 6) is 0. The minimum atomic E-state index is 1.12. The maximum Gasteiger partial charge on any atom is 0.124 e.